The van der Waals surface area contributed by atoms with Crippen LogP contribution in [0.1, 0.15) is 18.7 Å². The first kappa shape index (κ1) is 12.9. The Labute approximate surface area is 97.6 Å². The molecule has 0 bridgehead atoms. The fourth-order valence-corrected chi connectivity index (χ4v) is 1.13. The molecule has 0 unspecified atom stereocenters. The van der Waals surface area contributed by atoms with Gasteiger partial charge in [-0.15, -0.1) is 0 Å². The summed E-state index contributed by atoms with van der Waals surface area (Å²) in [5.41, 5.74) is 0. The maximum Gasteiger partial charge on any atom is 0.317 e. The number of aromatic nitrogens is 2. The number of carboxylic acids is 1. The molecule has 0 aliphatic heterocycles. The molecule has 2 amide bonds. The maximum atomic E-state index is 11.5. The lowest BCUT2D eigenvalue weighted by Crippen LogP contribution is -2.37. The van der Waals surface area contributed by atoms with Crippen molar-refractivity contribution in [2.75, 3.05) is 13.6 Å². The molecule has 0 spiro atoms. The summed E-state index contributed by atoms with van der Waals surface area (Å²) < 4.78 is 4.51. The molecule has 0 atom stereocenters. The third-order valence-electron chi connectivity index (χ3n) is 2.04. The van der Waals surface area contributed by atoms with E-state index in [4.69, 9.17) is 5.11 Å². The molecule has 0 aliphatic rings. The summed E-state index contributed by atoms with van der Waals surface area (Å²) in [6.45, 7) is 0.559. The number of rotatable bonds is 6. The van der Waals surface area contributed by atoms with Gasteiger partial charge in [-0.05, 0) is 6.42 Å². The van der Waals surface area contributed by atoms with Crippen molar-refractivity contribution in [2.24, 2.45) is 0 Å². The highest BCUT2D eigenvalue weighted by Crippen LogP contribution is 1.94. The molecule has 17 heavy (non-hydrogen) atoms. The summed E-state index contributed by atoms with van der Waals surface area (Å²) in [6.07, 6.45) is 1.64. The van der Waals surface area contributed by atoms with Crippen LogP contribution in [0.3, 0.4) is 0 Å². The van der Waals surface area contributed by atoms with Crippen LogP contribution in [0.25, 0.3) is 0 Å². The first-order valence-corrected chi connectivity index (χ1v) is 5.05. The number of carbonyl (C=O) groups is 2. The second-order valence-corrected chi connectivity index (χ2v) is 3.42. The van der Waals surface area contributed by atoms with E-state index in [-0.39, 0.29) is 19.0 Å². The van der Waals surface area contributed by atoms with Gasteiger partial charge < -0.3 is 19.8 Å². The van der Waals surface area contributed by atoms with Crippen LogP contribution in [0.5, 0.6) is 0 Å². The molecule has 1 aromatic rings. The molecule has 1 aromatic heterocycles. The fraction of sp³-hybridized carbons (Fsp3) is 0.556. The fourth-order valence-electron chi connectivity index (χ4n) is 1.13. The van der Waals surface area contributed by atoms with Gasteiger partial charge in [0.15, 0.2) is 5.82 Å². The molecule has 1 heterocycles. The van der Waals surface area contributed by atoms with Crippen molar-refractivity contribution in [1.82, 2.24) is 20.4 Å². The van der Waals surface area contributed by atoms with Gasteiger partial charge in [-0.25, -0.2) is 4.79 Å². The molecule has 0 aliphatic carbocycles. The Kier molecular flexibility index (Phi) is 4.92. The van der Waals surface area contributed by atoms with Crippen molar-refractivity contribution in [1.29, 1.82) is 0 Å². The maximum absolute atomic E-state index is 11.5. The predicted molar refractivity (Wildman–Crippen MR) is 56.0 cm³/mol. The molecule has 0 radical (unpaired) electrons. The SMILES string of the molecule is CN(CCCC(=O)O)C(=O)NCc1ncon1. The van der Waals surface area contributed by atoms with Crippen molar-refractivity contribution >= 4 is 12.0 Å². The van der Waals surface area contributed by atoms with Gasteiger partial charge >= 0.3 is 12.0 Å². The third kappa shape index (κ3) is 4.96. The van der Waals surface area contributed by atoms with E-state index >= 15 is 0 Å². The largest absolute Gasteiger partial charge is 0.481 e. The summed E-state index contributed by atoms with van der Waals surface area (Å²) in [5, 5.41) is 14.6. The molecule has 8 nitrogen and oxygen atoms in total. The zero-order valence-corrected chi connectivity index (χ0v) is 9.42. The summed E-state index contributed by atoms with van der Waals surface area (Å²) in [7, 11) is 1.59. The van der Waals surface area contributed by atoms with E-state index < -0.39 is 5.97 Å². The van der Waals surface area contributed by atoms with Crippen LogP contribution in [0.4, 0.5) is 4.79 Å². The van der Waals surface area contributed by atoms with Crippen LogP contribution < -0.4 is 5.32 Å². The molecule has 0 saturated heterocycles. The molecular formula is C9H14N4O4. The van der Waals surface area contributed by atoms with Crippen molar-refractivity contribution < 1.29 is 19.2 Å². The van der Waals surface area contributed by atoms with Crippen LogP contribution in [0, 0.1) is 0 Å². The number of carbonyl (C=O) groups excluding carboxylic acids is 1. The Balaban J connectivity index is 2.20. The highest BCUT2D eigenvalue weighted by molar-refractivity contribution is 5.73. The van der Waals surface area contributed by atoms with Gasteiger partial charge in [-0.1, -0.05) is 5.16 Å². The molecule has 0 saturated carbocycles. The minimum atomic E-state index is -0.870. The number of amides is 2. The van der Waals surface area contributed by atoms with E-state index in [1.54, 1.807) is 7.05 Å². The number of carboxylic acid groups (broad SMARTS) is 1. The molecule has 0 fully saturated rings. The zero-order valence-electron chi connectivity index (χ0n) is 9.42. The smallest absolute Gasteiger partial charge is 0.317 e. The Bertz CT molecular complexity index is 365. The molecule has 1 rings (SSSR count). The van der Waals surface area contributed by atoms with Crippen molar-refractivity contribution in [3.8, 4) is 0 Å². The number of urea groups is 1. The molecule has 0 aromatic carbocycles. The van der Waals surface area contributed by atoms with Gasteiger partial charge in [0.05, 0.1) is 6.54 Å². The van der Waals surface area contributed by atoms with Gasteiger partial charge in [0, 0.05) is 20.0 Å². The average molecular weight is 242 g/mol. The lowest BCUT2D eigenvalue weighted by molar-refractivity contribution is -0.137. The highest BCUT2D eigenvalue weighted by atomic mass is 16.5. The van der Waals surface area contributed by atoms with Crippen molar-refractivity contribution in [2.45, 2.75) is 19.4 Å². The summed E-state index contributed by atoms with van der Waals surface area (Å²) >= 11 is 0. The van der Waals surface area contributed by atoms with Gasteiger partial charge in [0.25, 0.3) is 0 Å². The minimum Gasteiger partial charge on any atom is -0.481 e. The quantitative estimate of drug-likeness (QED) is 0.731. The second-order valence-electron chi connectivity index (χ2n) is 3.42. The number of hydrogen-bond donors (Lipinski definition) is 2. The van der Waals surface area contributed by atoms with Crippen LogP contribution >= 0.6 is 0 Å². The third-order valence-corrected chi connectivity index (χ3v) is 2.04. The van der Waals surface area contributed by atoms with Gasteiger partial charge in [-0.2, -0.15) is 4.98 Å². The Morgan fingerprint density at radius 2 is 2.35 bits per heavy atom. The number of nitrogens with one attached hydrogen (secondary N) is 1. The zero-order chi connectivity index (χ0) is 12.7. The normalized spacial score (nSPS) is 9.94. The minimum absolute atomic E-state index is 0.0441. The molecule has 2 N–H and O–H groups in total. The van der Waals surface area contributed by atoms with E-state index in [2.05, 4.69) is 20.0 Å². The van der Waals surface area contributed by atoms with Gasteiger partial charge in [0.2, 0.25) is 6.39 Å². The second kappa shape index (κ2) is 6.46. The summed E-state index contributed by atoms with van der Waals surface area (Å²) in [4.78, 5) is 26.9. The molecule has 94 valence electrons. The summed E-state index contributed by atoms with van der Waals surface area (Å²) in [6, 6.07) is -0.305. The van der Waals surface area contributed by atoms with Gasteiger partial charge in [-0.3, -0.25) is 4.79 Å². The first-order chi connectivity index (χ1) is 8.09. The van der Waals surface area contributed by atoms with Crippen LogP contribution in [-0.2, 0) is 11.3 Å². The van der Waals surface area contributed by atoms with Crippen LogP contribution in [-0.4, -0.2) is 45.7 Å². The van der Waals surface area contributed by atoms with Gasteiger partial charge in [0.1, 0.15) is 0 Å². The first-order valence-electron chi connectivity index (χ1n) is 5.05. The molecule has 8 heteroatoms. The average Bonchev–Trinajstić information content (AvgIpc) is 2.78. The number of hydrogen-bond acceptors (Lipinski definition) is 5. The monoisotopic (exact) mass is 242 g/mol. The lowest BCUT2D eigenvalue weighted by Gasteiger charge is -2.16. The Hall–Kier alpha value is -2.12. The van der Waals surface area contributed by atoms with Crippen molar-refractivity contribution in [3.05, 3.63) is 12.2 Å². The standard InChI is InChI=1S/C9H14N4O4/c1-13(4-2-3-8(14)15)9(16)10-5-7-11-6-17-12-7/h6H,2-5H2,1H3,(H,10,16)(H,14,15). The highest BCUT2D eigenvalue weighted by Gasteiger charge is 2.09. The van der Waals surface area contributed by atoms with E-state index in [9.17, 15) is 9.59 Å². The summed E-state index contributed by atoms with van der Waals surface area (Å²) in [5.74, 6) is -0.483. The predicted octanol–water partition coefficient (Wildman–Crippen LogP) is 0.0758. The van der Waals surface area contributed by atoms with E-state index in [1.165, 1.54) is 11.3 Å². The van der Waals surface area contributed by atoms with E-state index in [0.717, 1.165) is 0 Å². The Morgan fingerprint density at radius 3 is 2.94 bits per heavy atom. The van der Waals surface area contributed by atoms with Crippen molar-refractivity contribution in [3.63, 3.8) is 0 Å². The van der Waals surface area contributed by atoms with E-state index in [0.29, 0.717) is 18.8 Å². The van der Waals surface area contributed by atoms with Crippen LogP contribution in [0.15, 0.2) is 10.9 Å². The number of nitrogens with zero attached hydrogens (tertiary/aromatic N) is 3. The van der Waals surface area contributed by atoms with E-state index in [1.807, 2.05) is 0 Å². The topological polar surface area (TPSA) is 109 Å². The Morgan fingerprint density at radius 1 is 1.59 bits per heavy atom. The number of aliphatic carboxylic acids is 1. The van der Waals surface area contributed by atoms with Crippen LogP contribution in [0.2, 0.25) is 0 Å². The molecular weight excluding hydrogens is 228 g/mol. The lowest BCUT2D eigenvalue weighted by atomic mass is 10.3.